The minimum absolute atomic E-state index is 0.0236. The summed E-state index contributed by atoms with van der Waals surface area (Å²) in [6, 6.07) is 0.0236. The van der Waals surface area contributed by atoms with Crippen molar-refractivity contribution in [3.63, 3.8) is 0 Å². The molecule has 4 nitrogen and oxygen atoms in total. The Morgan fingerprint density at radius 1 is 1.41 bits per heavy atom. The number of hydrogen-bond acceptors (Lipinski definition) is 3. The molecule has 2 atom stereocenters. The molecule has 2 N–H and O–H groups in total. The molecule has 0 saturated carbocycles. The standard InChI is InChI=1S/C13H27N3O/c1-4-16(5-2)9-8-15-13(17)12-10-11(3)6-7-14-12/h11-12,14H,4-10H2,1-3H3,(H,15,17). The maximum Gasteiger partial charge on any atom is 0.237 e. The van der Waals surface area contributed by atoms with Gasteiger partial charge >= 0.3 is 0 Å². The van der Waals surface area contributed by atoms with E-state index in [-0.39, 0.29) is 11.9 Å². The molecule has 1 saturated heterocycles. The zero-order valence-electron chi connectivity index (χ0n) is 11.5. The molecule has 0 radical (unpaired) electrons. The first-order valence-corrected chi connectivity index (χ1v) is 6.90. The van der Waals surface area contributed by atoms with Gasteiger partial charge in [0.2, 0.25) is 5.91 Å². The van der Waals surface area contributed by atoms with Crippen LogP contribution in [0.1, 0.15) is 33.6 Å². The third-order valence-electron chi connectivity index (χ3n) is 3.60. The van der Waals surface area contributed by atoms with Crippen LogP contribution in [-0.2, 0) is 4.79 Å². The highest BCUT2D eigenvalue weighted by Gasteiger charge is 2.23. The fraction of sp³-hybridized carbons (Fsp3) is 0.923. The molecule has 0 aromatic heterocycles. The van der Waals surface area contributed by atoms with E-state index in [4.69, 9.17) is 0 Å². The molecule has 4 heteroatoms. The largest absolute Gasteiger partial charge is 0.353 e. The number of amides is 1. The van der Waals surface area contributed by atoms with Crippen LogP contribution in [0, 0.1) is 5.92 Å². The first kappa shape index (κ1) is 14.5. The Kier molecular flexibility index (Phi) is 6.52. The normalized spacial score (nSPS) is 24.9. The molecule has 0 aromatic carbocycles. The van der Waals surface area contributed by atoms with Crippen molar-refractivity contribution < 1.29 is 4.79 Å². The van der Waals surface area contributed by atoms with Crippen molar-refractivity contribution in [1.29, 1.82) is 0 Å². The van der Waals surface area contributed by atoms with Crippen LogP contribution in [0.25, 0.3) is 0 Å². The van der Waals surface area contributed by atoms with Gasteiger partial charge in [-0.25, -0.2) is 0 Å². The van der Waals surface area contributed by atoms with Gasteiger partial charge in [0, 0.05) is 13.1 Å². The van der Waals surface area contributed by atoms with Gasteiger partial charge in [-0.05, 0) is 38.4 Å². The third kappa shape index (κ3) is 5.04. The molecule has 1 rings (SSSR count). The molecule has 100 valence electrons. The highest BCUT2D eigenvalue weighted by atomic mass is 16.2. The number of carbonyl (C=O) groups excluding carboxylic acids is 1. The molecule has 0 aromatic rings. The predicted molar refractivity (Wildman–Crippen MR) is 71.0 cm³/mol. The van der Waals surface area contributed by atoms with E-state index in [0.29, 0.717) is 5.92 Å². The van der Waals surface area contributed by atoms with E-state index in [1.807, 2.05) is 0 Å². The van der Waals surface area contributed by atoms with Gasteiger partial charge in [-0.15, -0.1) is 0 Å². The Morgan fingerprint density at radius 2 is 2.12 bits per heavy atom. The van der Waals surface area contributed by atoms with Gasteiger partial charge in [-0.1, -0.05) is 20.8 Å². The van der Waals surface area contributed by atoms with Crippen molar-refractivity contribution in [2.45, 2.75) is 39.7 Å². The Bertz CT molecular complexity index is 229. The number of rotatable bonds is 6. The van der Waals surface area contributed by atoms with Gasteiger partial charge in [0.25, 0.3) is 0 Å². The number of carbonyl (C=O) groups is 1. The number of likely N-dealkylation sites (N-methyl/N-ethyl adjacent to an activating group) is 1. The average molecular weight is 241 g/mol. The zero-order chi connectivity index (χ0) is 12.7. The third-order valence-corrected chi connectivity index (χ3v) is 3.60. The molecular formula is C13H27N3O. The maximum atomic E-state index is 11.9. The van der Waals surface area contributed by atoms with Gasteiger partial charge in [0.15, 0.2) is 0 Å². The van der Waals surface area contributed by atoms with Crippen LogP contribution in [0.3, 0.4) is 0 Å². The molecule has 0 spiro atoms. The van der Waals surface area contributed by atoms with Crippen LogP contribution < -0.4 is 10.6 Å². The van der Waals surface area contributed by atoms with Crippen molar-refractivity contribution in [3.8, 4) is 0 Å². The summed E-state index contributed by atoms with van der Waals surface area (Å²) in [5.41, 5.74) is 0. The van der Waals surface area contributed by atoms with E-state index in [1.165, 1.54) is 6.42 Å². The van der Waals surface area contributed by atoms with Crippen LogP contribution in [0.4, 0.5) is 0 Å². The van der Waals surface area contributed by atoms with Gasteiger partial charge in [-0.2, -0.15) is 0 Å². The van der Waals surface area contributed by atoms with Gasteiger partial charge in [-0.3, -0.25) is 4.79 Å². The fourth-order valence-electron chi connectivity index (χ4n) is 2.31. The smallest absolute Gasteiger partial charge is 0.237 e. The first-order chi connectivity index (χ1) is 8.17. The second-order valence-corrected chi connectivity index (χ2v) is 4.95. The molecule has 1 fully saturated rings. The van der Waals surface area contributed by atoms with Crippen molar-refractivity contribution in [2.24, 2.45) is 5.92 Å². The van der Waals surface area contributed by atoms with E-state index in [0.717, 1.165) is 39.1 Å². The van der Waals surface area contributed by atoms with Crippen LogP contribution in [0.5, 0.6) is 0 Å². The van der Waals surface area contributed by atoms with Crippen molar-refractivity contribution in [3.05, 3.63) is 0 Å². The Labute approximate surface area is 105 Å². The lowest BCUT2D eigenvalue weighted by molar-refractivity contribution is -0.124. The topological polar surface area (TPSA) is 44.4 Å². The molecule has 1 aliphatic rings. The maximum absolute atomic E-state index is 11.9. The second-order valence-electron chi connectivity index (χ2n) is 4.95. The number of nitrogens with one attached hydrogen (secondary N) is 2. The summed E-state index contributed by atoms with van der Waals surface area (Å²) in [7, 11) is 0. The molecule has 1 amide bonds. The summed E-state index contributed by atoms with van der Waals surface area (Å²) in [4.78, 5) is 14.2. The number of piperidine rings is 1. The van der Waals surface area contributed by atoms with E-state index in [9.17, 15) is 4.79 Å². The van der Waals surface area contributed by atoms with E-state index >= 15 is 0 Å². The number of hydrogen-bond donors (Lipinski definition) is 2. The Morgan fingerprint density at radius 3 is 2.71 bits per heavy atom. The van der Waals surface area contributed by atoms with Gasteiger partial charge < -0.3 is 15.5 Å². The fourth-order valence-corrected chi connectivity index (χ4v) is 2.31. The lowest BCUT2D eigenvalue weighted by Crippen LogP contribution is -2.49. The Hall–Kier alpha value is -0.610. The molecule has 1 heterocycles. The molecule has 0 aliphatic carbocycles. The van der Waals surface area contributed by atoms with Crippen LogP contribution in [0.15, 0.2) is 0 Å². The van der Waals surface area contributed by atoms with Gasteiger partial charge in [0.05, 0.1) is 6.04 Å². The molecule has 17 heavy (non-hydrogen) atoms. The molecular weight excluding hydrogens is 214 g/mol. The van der Waals surface area contributed by atoms with Crippen LogP contribution >= 0.6 is 0 Å². The van der Waals surface area contributed by atoms with Gasteiger partial charge in [0.1, 0.15) is 0 Å². The van der Waals surface area contributed by atoms with Crippen LogP contribution in [0.2, 0.25) is 0 Å². The Balaban J connectivity index is 2.20. The highest BCUT2D eigenvalue weighted by Crippen LogP contribution is 2.14. The summed E-state index contributed by atoms with van der Waals surface area (Å²) in [6.45, 7) is 11.3. The minimum atomic E-state index is 0.0236. The first-order valence-electron chi connectivity index (χ1n) is 6.90. The number of nitrogens with zero attached hydrogens (tertiary/aromatic N) is 1. The van der Waals surface area contributed by atoms with Crippen molar-refractivity contribution >= 4 is 5.91 Å². The lowest BCUT2D eigenvalue weighted by atomic mass is 9.94. The van der Waals surface area contributed by atoms with E-state index < -0.39 is 0 Å². The summed E-state index contributed by atoms with van der Waals surface area (Å²) < 4.78 is 0. The van der Waals surface area contributed by atoms with Crippen molar-refractivity contribution in [1.82, 2.24) is 15.5 Å². The molecule has 1 aliphatic heterocycles. The SMILES string of the molecule is CCN(CC)CCNC(=O)C1CC(C)CCN1. The zero-order valence-corrected chi connectivity index (χ0v) is 11.5. The van der Waals surface area contributed by atoms with E-state index in [2.05, 4.69) is 36.3 Å². The summed E-state index contributed by atoms with van der Waals surface area (Å²) >= 11 is 0. The summed E-state index contributed by atoms with van der Waals surface area (Å²) in [6.07, 6.45) is 2.15. The highest BCUT2D eigenvalue weighted by molar-refractivity contribution is 5.81. The minimum Gasteiger partial charge on any atom is -0.353 e. The average Bonchev–Trinajstić information content (AvgIpc) is 2.34. The lowest BCUT2D eigenvalue weighted by Gasteiger charge is -2.27. The van der Waals surface area contributed by atoms with Crippen molar-refractivity contribution in [2.75, 3.05) is 32.7 Å². The van der Waals surface area contributed by atoms with E-state index in [1.54, 1.807) is 0 Å². The monoisotopic (exact) mass is 241 g/mol. The molecule has 2 unspecified atom stereocenters. The second kappa shape index (κ2) is 7.67. The summed E-state index contributed by atoms with van der Waals surface area (Å²) in [5.74, 6) is 0.832. The van der Waals surface area contributed by atoms with Crippen LogP contribution in [-0.4, -0.2) is 49.6 Å². The quantitative estimate of drug-likeness (QED) is 0.724. The molecule has 0 bridgehead atoms. The summed E-state index contributed by atoms with van der Waals surface area (Å²) in [5, 5.41) is 6.32. The predicted octanol–water partition coefficient (Wildman–Crippen LogP) is 0.833.